The van der Waals surface area contributed by atoms with E-state index in [2.05, 4.69) is 4.98 Å². The third-order valence-corrected chi connectivity index (χ3v) is 2.59. The SMILES string of the molecule is NCC(Cn1ccnc1)c1cccc(F)c1. The van der Waals surface area contributed by atoms with Crippen LogP contribution < -0.4 is 5.73 Å². The zero-order chi connectivity index (χ0) is 11.4. The summed E-state index contributed by atoms with van der Waals surface area (Å²) in [5.41, 5.74) is 6.64. The van der Waals surface area contributed by atoms with Crippen LogP contribution in [0.2, 0.25) is 0 Å². The monoisotopic (exact) mass is 219 g/mol. The summed E-state index contributed by atoms with van der Waals surface area (Å²) in [5.74, 6) is -0.105. The molecule has 1 atom stereocenters. The van der Waals surface area contributed by atoms with Gasteiger partial charge in [0.25, 0.3) is 0 Å². The summed E-state index contributed by atoms with van der Waals surface area (Å²) in [6.07, 6.45) is 5.34. The zero-order valence-electron chi connectivity index (χ0n) is 8.88. The maximum absolute atomic E-state index is 13.1. The van der Waals surface area contributed by atoms with Crippen molar-refractivity contribution in [2.75, 3.05) is 6.54 Å². The van der Waals surface area contributed by atoms with E-state index in [1.807, 2.05) is 16.8 Å². The van der Waals surface area contributed by atoms with E-state index >= 15 is 0 Å². The van der Waals surface area contributed by atoms with Gasteiger partial charge in [0.05, 0.1) is 6.33 Å². The summed E-state index contributed by atoms with van der Waals surface area (Å²) in [6, 6.07) is 6.58. The van der Waals surface area contributed by atoms with Gasteiger partial charge < -0.3 is 10.3 Å². The molecule has 1 heterocycles. The molecule has 0 fully saturated rings. The first kappa shape index (κ1) is 10.8. The molecule has 0 aliphatic rings. The van der Waals surface area contributed by atoms with Crippen molar-refractivity contribution in [2.24, 2.45) is 5.73 Å². The molecule has 0 amide bonds. The average molecular weight is 219 g/mol. The summed E-state index contributed by atoms with van der Waals surface area (Å²) in [7, 11) is 0. The van der Waals surface area contributed by atoms with Crippen LogP contribution in [0.1, 0.15) is 11.5 Å². The maximum Gasteiger partial charge on any atom is 0.123 e. The molecule has 4 heteroatoms. The average Bonchev–Trinajstić information content (AvgIpc) is 2.78. The second kappa shape index (κ2) is 4.90. The normalized spacial score (nSPS) is 12.6. The lowest BCUT2D eigenvalue weighted by Gasteiger charge is -2.15. The van der Waals surface area contributed by atoms with Gasteiger partial charge in [0.15, 0.2) is 0 Å². The maximum atomic E-state index is 13.1. The number of benzene rings is 1. The van der Waals surface area contributed by atoms with Crippen molar-refractivity contribution in [1.29, 1.82) is 0 Å². The third kappa shape index (κ3) is 2.46. The molecule has 2 N–H and O–H groups in total. The number of halogens is 1. The number of aromatic nitrogens is 2. The first-order chi connectivity index (χ1) is 7.79. The molecule has 0 bridgehead atoms. The Morgan fingerprint density at radius 2 is 2.31 bits per heavy atom. The zero-order valence-corrected chi connectivity index (χ0v) is 8.88. The van der Waals surface area contributed by atoms with Crippen molar-refractivity contribution in [3.63, 3.8) is 0 Å². The number of hydrogen-bond acceptors (Lipinski definition) is 2. The summed E-state index contributed by atoms with van der Waals surface area (Å²) in [4.78, 5) is 3.97. The quantitative estimate of drug-likeness (QED) is 0.851. The molecule has 0 radical (unpaired) electrons. The Labute approximate surface area is 93.7 Å². The summed E-state index contributed by atoms with van der Waals surface area (Å²) >= 11 is 0. The molecular weight excluding hydrogens is 205 g/mol. The van der Waals surface area contributed by atoms with Crippen molar-refractivity contribution < 1.29 is 4.39 Å². The Hall–Kier alpha value is -1.68. The molecule has 3 nitrogen and oxygen atoms in total. The van der Waals surface area contributed by atoms with E-state index in [0.717, 1.165) is 12.1 Å². The minimum absolute atomic E-state index is 0.116. The van der Waals surface area contributed by atoms with Crippen LogP contribution in [0, 0.1) is 5.82 Å². The van der Waals surface area contributed by atoms with Gasteiger partial charge >= 0.3 is 0 Å². The molecule has 0 saturated carbocycles. The summed E-state index contributed by atoms with van der Waals surface area (Å²) in [5, 5.41) is 0. The molecule has 0 saturated heterocycles. The summed E-state index contributed by atoms with van der Waals surface area (Å²) < 4.78 is 15.0. The molecule has 0 aliphatic carbocycles. The van der Waals surface area contributed by atoms with E-state index in [1.165, 1.54) is 12.1 Å². The second-order valence-corrected chi connectivity index (χ2v) is 3.75. The van der Waals surface area contributed by atoms with Gasteiger partial charge in [-0.3, -0.25) is 0 Å². The molecule has 1 unspecified atom stereocenters. The molecule has 0 aliphatic heterocycles. The highest BCUT2D eigenvalue weighted by Crippen LogP contribution is 2.17. The second-order valence-electron chi connectivity index (χ2n) is 3.75. The standard InChI is InChI=1S/C12H14FN3/c13-12-3-1-2-10(6-12)11(7-14)8-16-5-4-15-9-16/h1-6,9,11H,7-8,14H2. The van der Waals surface area contributed by atoms with Crippen molar-refractivity contribution in [3.8, 4) is 0 Å². The Balaban J connectivity index is 2.16. The van der Waals surface area contributed by atoms with Crippen LogP contribution >= 0.6 is 0 Å². The van der Waals surface area contributed by atoms with Crippen molar-refractivity contribution >= 4 is 0 Å². The lowest BCUT2D eigenvalue weighted by molar-refractivity contribution is 0.558. The smallest absolute Gasteiger partial charge is 0.123 e. The van der Waals surface area contributed by atoms with E-state index in [-0.39, 0.29) is 11.7 Å². The predicted octanol–water partition coefficient (Wildman–Crippen LogP) is 1.76. The molecule has 0 spiro atoms. The van der Waals surface area contributed by atoms with Crippen LogP contribution in [0.3, 0.4) is 0 Å². The number of nitrogens with zero attached hydrogens (tertiary/aromatic N) is 2. The highest BCUT2D eigenvalue weighted by molar-refractivity contribution is 5.21. The number of imidazole rings is 1. The van der Waals surface area contributed by atoms with Gasteiger partial charge in [-0.05, 0) is 17.7 Å². The number of hydrogen-bond donors (Lipinski definition) is 1. The Bertz CT molecular complexity index is 439. The van der Waals surface area contributed by atoms with E-state index < -0.39 is 0 Å². The Morgan fingerprint density at radius 3 is 2.94 bits per heavy atom. The van der Waals surface area contributed by atoms with Gasteiger partial charge in [0.2, 0.25) is 0 Å². The Kier molecular flexibility index (Phi) is 3.31. The molecule has 2 aromatic rings. The van der Waals surface area contributed by atoms with Gasteiger partial charge in [-0.25, -0.2) is 9.37 Å². The van der Waals surface area contributed by atoms with Gasteiger partial charge in [0.1, 0.15) is 5.82 Å². The van der Waals surface area contributed by atoms with Crippen LogP contribution in [0.25, 0.3) is 0 Å². The number of nitrogens with two attached hydrogens (primary N) is 1. The molecule has 1 aromatic carbocycles. The topological polar surface area (TPSA) is 43.8 Å². The van der Waals surface area contributed by atoms with Crippen LogP contribution in [-0.2, 0) is 6.54 Å². The fraction of sp³-hybridized carbons (Fsp3) is 0.250. The van der Waals surface area contributed by atoms with Gasteiger partial charge in [0, 0.05) is 31.4 Å². The molecule has 16 heavy (non-hydrogen) atoms. The molecule has 1 aromatic heterocycles. The fourth-order valence-corrected chi connectivity index (χ4v) is 1.73. The van der Waals surface area contributed by atoms with Crippen LogP contribution in [0.15, 0.2) is 43.0 Å². The summed E-state index contributed by atoms with van der Waals surface area (Å²) in [6.45, 7) is 1.21. The van der Waals surface area contributed by atoms with Crippen molar-refractivity contribution in [2.45, 2.75) is 12.5 Å². The van der Waals surface area contributed by atoms with E-state index in [0.29, 0.717) is 6.54 Å². The van der Waals surface area contributed by atoms with Gasteiger partial charge in [-0.2, -0.15) is 0 Å². The minimum Gasteiger partial charge on any atom is -0.337 e. The van der Waals surface area contributed by atoms with Crippen LogP contribution in [-0.4, -0.2) is 16.1 Å². The van der Waals surface area contributed by atoms with Crippen molar-refractivity contribution in [3.05, 3.63) is 54.4 Å². The first-order valence-electron chi connectivity index (χ1n) is 5.21. The minimum atomic E-state index is -0.221. The highest BCUT2D eigenvalue weighted by Gasteiger charge is 2.10. The third-order valence-electron chi connectivity index (χ3n) is 2.59. The number of rotatable bonds is 4. The van der Waals surface area contributed by atoms with E-state index in [9.17, 15) is 4.39 Å². The first-order valence-corrected chi connectivity index (χ1v) is 5.21. The lowest BCUT2D eigenvalue weighted by atomic mass is 9.99. The van der Waals surface area contributed by atoms with E-state index in [1.54, 1.807) is 18.6 Å². The molecule has 84 valence electrons. The van der Waals surface area contributed by atoms with Gasteiger partial charge in [-0.15, -0.1) is 0 Å². The predicted molar refractivity (Wildman–Crippen MR) is 60.4 cm³/mol. The van der Waals surface area contributed by atoms with Crippen LogP contribution in [0.4, 0.5) is 4.39 Å². The Morgan fingerprint density at radius 1 is 1.44 bits per heavy atom. The highest BCUT2D eigenvalue weighted by atomic mass is 19.1. The fourth-order valence-electron chi connectivity index (χ4n) is 1.73. The van der Waals surface area contributed by atoms with Crippen molar-refractivity contribution in [1.82, 2.24) is 9.55 Å². The molecular formula is C12H14FN3. The largest absolute Gasteiger partial charge is 0.337 e. The van der Waals surface area contributed by atoms with E-state index in [4.69, 9.17) is 5.73 Å². The lowest BCUT2D eigenvalue weighted by Crippen LogP contribution is -2.17. The van der Waals surface area contributed by atoms with Crippen LogP contribution in [0.5, 0.6) is 0 Å². The molecule has 2 rings (SSSR count). The van der Waals surface area contributed by atoms with Gasteiger partial charge in [-0.1, -0.05) is 12.1 Å².